The minimum Gasteiger partial charge on any atom is -0.394 e. The number of nitrogens with two attached hydrogens (primary N) is 2. The van der Waals surface area contributed by atoms with Crippen molar-refractivity contribution in [3.8, 4) is 0 Å². The Morgan fingerprint density at radius 1 is 0.746 bits per heavy atom. The number of hydrogen-bond acceptors (Lipinski definition) is 9. The average molecular weight is 862 g/mol. The molecule has 0 aliphatic carbocycles. The molecule has 0 saturated heterocycles. The number of carbonyl (C=O) groups is 5. The van der Waals surface area contributed by atoms with E-state index in [1.165, 1.54) is 6.33 Å². The van der Waals surface area contributed by atoms with Crippen molar-refractivity contribution in [2.24, 2.45) is 28.3 Å². The predicted octanol–water partition coefficient (Wildman–Crippen LogP) is 2.59. The summed E-state index contributed by atoms with van der Waals surface area (Å²) in [6.45, 7) is -0.648. The summed E-state index contributed by atoms with van der Waals surface area (Å²) in [4.78, 5) is 84.4. The number of nitrogens with zero attached hydrogens (tertiary/aromatic N) is 2. The highest BCUT2D eigenvalue weighted by atomic mass is 16.3. The second-order valence-corrected chi connectivity index (χ2v) is 15.8. The Balaban J connectivity index is 1.36. The van der Waals surface area contributed by atoms with Crippen molar-refractivity contribution >= 4 is 46.2 Å². The van der Waals surface area contributed by atoms with E-state index in [0.717, 1.165) is 34.0 Å². The lowest BCUT2D eigenvalue weighted by Crippen LogP contribution is -2.52. The summed E-state index contributed by atoms with van der Waals surface area (Å²) in [6.07, 6.45) is 5.77. The minimum atomic E-state index is -1.21. The van der Waals surface area contributed by atoms with Crippen molar-refractivity contribution in [2.45, 2.75) is 82.4 Å². The number of fused-ring (bicyclic) bond motifs is 1. The summed E-state index contributed by atoms with van der Waals surface area (Å²) in [5.41, 5.74) is 15.3. The lowest BCUT2D eigenvalue weighted by Gasteiger charge is -2.25. The largest absolute Gasteiger partial charge is 0.394 e. The lowest BCUT2D eigenvalue weighted by atomic mass is 9.89. The molecule has 1 unspecified atom stereocenters. The molecule has 0 fully saturated rings. The molecule has 5 rings (SSSR count). The molecule has 0 aliphatic rings. The first kappa shape index (κ1) is 47.4. The molecule has 0 aliphatic heterocycles. The van der Waals surface area contributed by atoms with E-state index < -0.39 is 60.1 Å². The Kier molecular flexibility index (Phi) is 18.6. The van der Waals surface area contributed by atoms with Gasteiger partial charge in [-0.15, -0.1) is 0 Å². The van der Waals surface area contributed by atoms with E-state index in [1.807, 2.05) is 84.9 Å². The quantitative estimate of drug-likeness (QED) is 0.0212. The van der Waals surface area contributed by atoms with E-state index >= 15 is 0 Å². The number of carbonyl (C=O) groups excluding carboxylic acids is 5. The number of nitrogens with one attached hydrogen (secondary N) is 5. The van der Waals surface area contributed by atoms with E-state index in [0.29, 0.717) is 18.5 Å². The van der Waals surface area contributed by atoms with Gasteiger partial charge in [-0.3, -0.25) is 29.0 Å². The maximum Gasteiger partial charge on any atom is 0.243 e. The Morgan fingerprint density at radius 2 is 1.43 bits per heavy atom. The number of benzene rings is 3. The number of hydrogen-bond donors (Lipinski definition) is 9. The van der Waals surface area contributed by atoms with Crippen LogP contribution in [0.4, 0.5) is 0 Å². The molecule has 0 radical (unpaired) electrons. The van der Waals surface area contributed by atoms with Crippen LogP contribution in [0.25, 0.3) is 10.9 Å². The topological polar surface area (TPSA) is 271 Å². The van der Waals surface area contributed by atoms with Crippen LogP contribution in [0.15, 0.2) is 109 Å². The fourth-order valence-electron chi connectivity index (χ4n) is 7.50. The highest BCUT2D eigenvalue weighted by Gasteiger charge is 2.33. The van der Waals surface area contributed by atoms with Crippen molar-refractivity contribution in [1.82, 2.24) is 30.9 Å². The molecule has 334 valence electrons. The molecule has 0 spiro atoms. The number of Topliss-reactive ketones (excluding diaryl/α,β-unsaturated/α-hetero) is 2. The molecule has 2 aromatic heterocycles. The zero-order valence-corrected chi connectivity index (χ0v) is 35.4. The summed E-state index contributed by atoms with van der Waals surface area (Å²) < 4.78 is 0. The third-order valence-electron chi connectivity index (χ3n) is 10.9. The van der Waals surface area contributed by atoms with Gasteiger partial charge in [0.2, 0.25) is 17.7 Å². The maximum absolute atomic E-state index is 14.5. The second kappa shape index (κ2) is 24.7. The van der Waals surface area contributed by atoms with E-state index in [-0.39, 0.29) is 69.8 Å². The Labute approximate surface area is 366 Å². The average Bonchev–Trinajstić information content (AvgIpc) is 3.96. The summed E-state index contributed by atoms with van der Waals surface area (Å²) in [7, 11) is 0. The summed E-state index contributed by atoms with van der Waals surface area (Å²) in [5, 5.41) is 28.6. The van der Waals surface area contributed by atoms with Crippen molar-refractivity contribution in [2.75, 3.05) is 19.7 Å². The van der Waals surface area contributed by atoms with E-state index in [2.05, 4.69) is 35.9 Å². The molecule has 5 aromatic rings. The summed E-state index contributed by atoms with van der Waals surface area (Å²) in [5.74, 6) is -4.08. The first-order valence-electron chi connectivity index (χ1n) is 21.4. The molecule has 11 N–H and O–H groups in total. The third kappa shape index (κ3) is 15.6. The molecule has 16 nitrogen and oxygen atoms in total. The van der Waals surface area contributed by atoms with Gasteiger partial charge < -0.3 is 47.6 Å². The van der Waals surface area contributed by atoms with Gasteiger partial charge in [0.1, 0.15) is 11.8 Å². The van der Waals surface area contributed by atoms with Crippen LogP contribution in [0.2, 0.25) is 0 Å². The molecular formula is C47H59N9O7. The first-order valence-corrected chi connectivity index (χ1v) is 21.4. The van der Waals surface area contributed by atoms with Crippen LogP contribution in [0.1, 0.15) is 60.9 Å². The van der Waals surface area contributed by atoms with Gasteiger partial charge in [-0.2, -0.15) is 0 Å². The van der Waals surface area contributed by atoms with Crippen LogP contribution in [0, 0.1) is 11.8 Å². The zero-order valence-electron chi connectivity index (χ0n) is 35.4. The standard InChI is InChI=1S/C47H59N9O7/c48-47(49)51-20-10-16-33(44(61)56-42(46(63)53-28-38(59)29-57)24-35-26-52-40-19-8-7-18-39(35)40)25-43(60)41(21-32-13-5-2-6-14-32)55-45(62)34(22-36-27-50-30-54-36)23-37(58)17-9-15-31-11-3-1-4-12-31/h1-8,11-14,18-19,26-27,30,33-34,38,41-42,52,57,59H,9-10,15-17,20-25,28-29H2,(H,50,54)(H,53,63)(H,55,62)(H,56,61)(H4,48,49,51)/t33-,34-,38?,41-,42+/m1/s1. The van der Waals surface area contributed by atoms with Gasteiger partial charge in [-0.1, -0.05) is 78.9 Å². The fourth-order valence-corrected chi connectivity index (χ4v) is 7.50. The van der Waals surface area contributed by atoms with Gasteiger partial charge in [0.15, 0.2) is 11.7 Å². The molecule has 0 saturated carbocycles. The number of guanidine groups is 1. The van der Waals surface area contributed by atoms with Gasteiger partial charge in [-0.25, -0.2) is 4.98 Å². The number of aromatic nitrogens is 3. The van der Waals surface area contributed by atoms with Crippen LogP contribution in [-0.2, 0) is 49.7 Å². The van der Waals surface area contributed by atoms with Gasteiger partial charge in [0.05, 0.1) is 31.0 Å². The van der Waals surface area contributed by atoms with E-state index in [1.54, 1.807) is 12.4 Å². The monoisotopic (exact) mass is 861 g/mol. The van der Waals surface area contributed by atoms with Crippen molar-refractivity contribution in [3.63, 3.8) is 0 Å². The number of aliphatic hydroxyl groups excluding tert-OH is 2. The van der Waals surface area contributed by atoms with E-state index in [9.17, 15) is 34.2 Å². The van der Waals surface area contributed by atoms with Crippen molar-refractivity contribution in [3.05, 3.63) is 126 Å². The van der Waals surface area contributed by atoms with Gasteiger partial charge in [-0.05, 0) is 54.9 Å². The zero-order chi connectivity index (χ0) is 45.0. The number of aryl methyl sites for hydroxylation is 1. The normalized spacial score (nSPS) is 13.6. The molecule has 63 heavy (non-hydrogen) atoms. The summed E-state index contributed by atoms with van der Waals surface area (Å²) in [6, 6.07) is 24.3. The van der Waals surface area contributed by atoms with Crippen LogP contribution >= 0.6 is 0 Å². The van der Waals surface area contributed by atoms with Crippen LogP contribution in [0.5, 0.6) is 0 Å². The minimum absolute atomic E-state index is 0.0447. The summed E-state index contributed by atoms with van der Waals surface area (Å²) >= 11 is 0. The van der Waals surface area contributed by atoms with Crippen LogP contribution in [-0.4, -0.2) is 98.3 Å². The van der Waals surface area contributed by atoms with Crippen molar-refractivity contribution in [1.29, 1.82) is 0 Å². The SMILES string of the molecule is NC(N)=NCCC[C@H](CC(=O)[C@@H](Cc1ccccc1)NC(=O)[C@@H](CC(=O)CCCc1ccccc1)Cc1cnc[nH]1)C(=O)N[C@@H](Cc1c[nH]c2ccccc12)C(=O)NCC(O)CO. The highest BCUT2D eigenvalue weighted by Crippen LogP contribution is 2.22. The van der Waals surface area contributed by atoms with Crippen molar-refractivity contribution < 1.29 is 34.2 Å². The van der Waals surface area contributed by atoms with Crippen LogP contribution < -0.4 is 27.4 Å². The van der Waals surface area contributed by atoms with Crippen LogP contribution in [0.3, 0.4) is 0 Å². The number of aromatic amines is 2. The maximum atomic E-state index is 14.5. The number of amides is 3. The fraction of sp³-hybridized carbons (Fsp3) is 0.383. The lowest BCUT2D eigenvalue weighted by molar-refractivity contribution is -0.135. The number of para-hydroxylation sites is 1. The molecule has 3 aromatic carbocycles. The molecule has 5 atom stereocenters. The molecule has 2 heterocycles. The number of ketones is 2. The molecule has 3 amide bonds. The van der Waals surface area contributed by atoms with E-state index in [4.69, 9.17) is 11.5 Å². The number of aliphatic hydroxyl groups is 2. The number of aliphatic imine (C=N–C) groups is 1. The molecule has 16 heteroatoms. The Hall–Kier alpha value is -6.65. The number of rotatable bonds is 27. The first-order chi connectivity index (χ1) is 30.5. The van der Waals surface area contributed by atoms with Gasteiger partial charge in [0, 0.05) is 80.1 Å². The highest BCUT2D eigenvalue weighted by molar-refractivity contribution is 5.95. The molecular weight excluding hydrogens is 803 g/mol. The smallest absolute Gasteiger partial charge is 0.243 e. The number of imidazole rings is 1. The number of H-pyrrole nitrogens is 2. The van der Waals surface area contributed by atoms with Gasteiger partial charge in [0.25, 0.3) is 0 Å². The van der Waals surface area contributed by atoms with Gasteiger partial charge >= 0.3 is 0 Å². The predicted molar refractivity (Wildman–Crippen MR) is 240 cm³/mol. The molecule has 0 bridgehead atoms. The Morgan fingerprint density at radius 3 is 2.13 bits per heavy atom. The third-order valence-corrected chi connectivity index (χ3v) is 10.9. The Bertz CT molecular complexity index is 2240. The second-order valence-electron chi connectivity index (χ2n) is 15.8.